The summed E-state index contributed by atoms with van der Waals surface area (Å²) in [5.74, 6) is -1.39. The molecule has 1 saturated carbocycles. The molecule has 2 amide bonds. The predicted molar refractivity (Wildman–Crippen MR) is 104 cm³/mol. The van der Waals surface area contributed by atoms with Crippen molar-refractivity contribution in [1.82, 2.24) is 4.90 Å². The van der Waals surface area contributed by atoms with Gasteiger partial charge in [-0.1, -0.05) is 0 Å². The molecule has 0 radical (unpaired) electrons. The fraction of sp³-hybridized carbons (Fsp3) is 0.571. The van der Waals surface area contributed by atoms with E-state index in [2.05, 4.69) is 5.32 Å². The number of hydrogen-bond donors (Lipinski definition) is 2. The van der Waals surface area contributed by atoms with Crippen LogP contribution in [0.5, 0.6) is 0 Å². The molecule has 0 atom stereocenters. The number of ether oxygens (including phenoxy) is 1. The molecule has 3 rings (SSSR count). The Morgan fingerprint density at radius 2 is 1.75 bits per heavy atom. The zero-order chi connectivity index (χ0) is 20.1. The summed E-state index contributed by atoms with van der Waals surface area (Å²) in [6, 6.07) is 6.85. The number of anilines is 1. The standard InChI is InChI=1S/C21H28N2O5/c1-2-28-21(11-3-4-12-21)20(27)22-17-7-5-15(6-8-17)18(24)23-13-9-16(10-14-23)19(25)26/h5-8,16H,2-4,9-14H2,1H3,(H,22,27)(H,25,26). The van der Waals surface area contributed by atoms with Gasteiger partial charge in [0.25, 0.3) is 11.8 Å². The molecule has 7 heteroatoms. The number of likely N-dealkylation sites (tertiary alicyclic amines) is 1. The minimum absolute atomic E-state index is 0.108. The average Bonchev–Trinajstić information content (AvgIpc) is 3.18. The Labute approximate surface area is 165 Å². The topological polar surface area (TPSA) is 95.9 Å². The molecule has 1 saturated heterocycles. The fourth-order valence-corrected chi connectivity index (χ4v) is 4.11. The van der Waals surface area contributed by atoms with Crippen molar-refractivity contribution in [3.05, 3.63) is 29.8 Å². The summed E-state index contributed by atoms with van der Waals surface area (Å²) >= 11 is 0. The van der Waals surface area contributed by atoms with Crippen LogP contribution >= 0.6 is 0 Å². The van der Waals surface area contributed by atoms with Crippen molar-refractivity contribution in [2.75, 3.05) is 25.0 Å². The molecule has 0 bridgehead atoms. The van der Waals surface area contributed by atoms with Gasteiger partial charge in [0.2, 0.25) is 0 Å². The van der Waals surface area contributed by atoms with E-state index in [9.17, 15) is 14.4 Å². The maximum atomic E-state index is 12.7. The highest BCUT2D eigenvalue weighted by molar-refractivity contribution is 5.99. The zero-order valence-corrected chi connectivity index (χ0v) is 16.3. The van der Waals surface area contributed by atoms with Gasteiger partial charge in [-0.2, -0.15) is 0 Å². The molecule has 0 spiro atoms. The van der Waals surface area contributed by atoms with Gasteiger partial charge in [-0.25, -0.2) is 0 Å². The molecule has 1 aliphatic heterocycles. The third kappa shape index (κ3) is 4.35. The molecule has 1 aromatic carbocycles. The maximum Gasteiger partial charge on any atom is 0.306 e. The molecular weight excluding hydrogens is 360 g/mol. The van der Waals surface area contributed by atoms with E-state index in [0.29, 0.717) is 43.8 Å². The van der Waals surface area contributed by atoms with E-state index >= 15 is 0 Å². The van der Waals surface area contributed by atoms with Crippen LogP contribution in [0.2, 0.25) is 0 Å². The number of nitrogens with one attached hydrogen (secondary N) is 1. The maximum absolute atomic E-state index is 12.7. The molecule has 2 aliphatic rings. The van der Waals surface area contributed by atoms with Crippen molar-refractivity contribution < 1.29 is 24.2 Å². The van der Waals surface area contributed by atoms with Crippen LogP contribution in [-0.2, 0) is 14.3 Å². The summed E-state index contributed by atoms with van der Waals surface area (Å²) in [4.78, 5) is 38.1. The van der Waals surface area contributed by atoms with Crippen LogP contribution in [0.4, 0.5) is 5.69 Å². The average molecular weight is 388 g/mol. The second-order valence-electron chi connectivity index (χ2n) is 7.57. The van der Waals surface area contributed by atoms with Crippen LogP contribution in [0.25, 0.3) is 0 Å². The van der Waals surface area contributed by atoms with E-state index in [-0.39, 0.29) is 17.7 Å². The van der Waals surface area contributed by atoms with Gasteiger partial charge in [-0.05, 0) is 69.7 Å². The lowest BCUT2D eigenvalue weighted by molar-refractivity contribution is -0.143. The number of amides is 2. The van der Waals surface area contributed by atoms with Gasteiger partial charge in [0.1, 0.15) is 5.60 Å². The van der Waals surface area contributed by atoms with E-state index in [1.54, 1.807) is 29.2 Å². The second-order valence-corrected chi connectivity index (χ2v) is 7.57. The van der Waals surface area contributed by atoms with E-state index in [0.717, 1.165) is 25.7 Å². The number of piperidine rings is 1. The Morgan fingerprint density at radius 3 is 2.29 bits per heavy atom. The molecule has 28 heavy (non-hydrogen) atoms. The number of benzene rings is 1. The number of carboxylic acids is 1. The Morgan fingerprint density at radius 1 is 1.14 bits per heavy atom. The third-order valence-corrected chi connectivity index (χ3v) is 5.77. The molecular formula is C21H28N2O5. The van der Waals surface area contributed by atoms with E-state index < -0.39 is 11.6 Å². The molecule has 0 aromatic heterocycles. The van der Waals surface area contributed by atoms with Crippen molar-refractivity contribution in [2.45, 2.75) is 51.0 Å². The Hall–Kier alpha value is -2.41. The molecule has 1 aliphatic carbocycles. The van der Waals surface area contributed by atoms with Crippen LogP contribution in [0, 0.1) is 5.92 Å². The number of carbonyl (C=O) groups excluding carboxylic acids is 2. The SMILES string of the molecule is CCOC1(C(=O)Nc2ccc(C(=O)N3CCC(C(=O)O)CC3)cc2)CCCC1. The van der Waals surface area contributed by atoms with Crippen LogP contribution in [0.15, 0.2) is 24.3 Å². The molecule has 0 unspecified atom stereocenters. The van der Waals surface area contributed by atoms with E-state index in [4.69, 9.17) is 9.84 Å². The number of carboxylic acid groups (broad SMARTS) is 1. The number of nitrogens with zero attached hydrogens (tertiary/aromatic N) is 1. The van der Waals surface area contributed by atoms with Gasteiger partial charge in [-0.3, -0.25) is 14.4 Å². The molecule has 1 heterocycles. The number of aliphatic carboxylic acids is 1. The minimum Gasteiger partial charge on any atom is -0.481 e. The normalized spacial score (nSPS) is 19.4. The largest absolute Gasteiger partial charge is 0.481 e. The summed E-state index contributed by atoms with van der Waals surface area (Å²) in [5.41, 5.74) is 0.432. The Bertz CT molecular complexity index is 717. The highest BCUT2D eigenvalue weighted by atomic mass is 16.5. The van der Waals surface area contributed by atoms with Gasteiger partial charge < -0.3 is 20.1 Å². The minimum atomic E-state index is -0.792. The van der Waals surface area contributed by atoms with Crippen molar-refractivity contribution in [3.63, 3.8) is 0 Å². The first-order valence-electron chi connectivity index (χ1n) is 10.0. The van der Waals surface area contributed by atoms with Gasteiger partial charge in [0.05, 0.1) is 5.92 Å². The summed E-state index contributed by atoms with van der Waals surface area (Å²) in [5, 5.41) is 12.0. The summed E-state index contributed by atoms with van der Waals surface area (Å²) < 4.78 is 5.78. The number of hydrogen-bond acceptors (Lipinski definition) is 4. The first-order valence-corrected chi connectivity index (χ1v) is 10.0. The summed E-state index contributed by atoms with van der Waals surface area (Å²) in [6.45, 7) is 3.29. The molecule has 1 aromatic rings. The highest BCUT2D eigenvalue weighted by Gasteiger charge is 2.42. The third-order valence-electron chi connectivity index (χ3n) is 5.77. The lowest BCUT2D eigenvalue weighted by Gasteiger charge is -2.30. The summed E-state index contributed by atoms with van der Waals surface area (Å²) in [7, 11) is 0. The summed E-state index contributed by atoms with van der Waals surface area (Å²) in [6.07, 6.45) is 4.40. The zero-order valence-electron chi connectivity index (χ0n) is 16.3. The van der Waals surface area contributed by atoms with Gasteiger partial charge in [-0.15, -0.1) is 0 Å². The second kappa shape index (κ2) is 8.73. The smallest absolute Gasteiger partial charge is 0.306 e. The predicted octanol–water partition coefficient (Wildman–Crippen LogP) is 2.91. The lowest BCUT2D eigenvalue weighted by Crippen LogP contribution is -2.43. The van der Waals surface area contributed by atoms with Crippen molar-refractivity contribution in [1.29, 1.82) is 0 Å². The van der Waals surface area contributed by atoms with Crippen molar-refractivity contribution in [2.24, 2.45) is 5.92 Å². The highest BCUT2D eigenvalue weighted by Crippen LogP contribution is 2.34. The quantitative estimate of drug-likeness (QED) is 0.781. The Kier molecular flexibility index (Phi) is 6.34. The first-order chi connectivity index (χ1) is 13.4. The van der Waals surface area contributed by atoms with Gasteiger partial charge in [0, 0.05) is 30.9 Å². The number of rotatable bonds is 6. The van der Waals surface area contributed by atoms with Crippen LogP contribution < -0.4 is 5.32 Å². The van der Waals surface area contributed by atoms with Gasteiger partial charge in [0.15, 0.2) is 0 Å². The molecule has 152 valence electrons. The van der Waals surface area contributed by atoms with Gasteiger partial charge >= 0.3 is 5.97 Å². The van der Waals surface area contributed by atoms with E-state index in [1.807, 2.05) is 6.92 Å². The van der Waals surface area contributed by atoms with E-state index in [1.165, 1.54) is 0 Å². The first kappa shape index (κ1) is 20.3. The molecule has 2 N–H and O–H groups in total. The van der Waals surface area contributed by atoms with Crippen molar-refractivity contribution in [3.8, 4) is 0 Å². The van der Waals surface area contributed by atoms with Crippen LogP contribution in [-0.4, -0.2) is 53.1 Å². The fourth-order valence-electron chi connectivity index (χ4n) is 4.11. The monoisotopic (exact) mass is 388 g/mol. The van der Waals surface area contributed by atoms with Crippen molar-refractivity contribution >= 4 is 23.5 Å². The Balaban J connectivity index is 1.59. The molecule has 7 nitrogen and oxygen atoms in total. The molecule has 2 fully saturated rings. The lowest BCUT2D eigenvalue weighted by atomic mass is 9.96. The number of carbonyl (C=O) groups is 3. The van der Waals surface area contributed by atoms with Crippen LogP contribution in [0.3, 0.4) is 0 Å². The van der Waals surface area contributed by atoms with Crippen LogP contribution in [0.1, 0.15) is 55.8 Å².